The van der Waals surface area contributed by atoms with Crippen molar-refractivity contribution < 1.29 is 227 Å². The summed E-state index contributed by atoms with van der Waals surface area (Å²) < 4.78 is 103. The lowest BCUT2D eigenvalue weighted by atomic mass is 9.93. The molecule has 29 N–H and O–H groups in total. The number of hydrogen-bond acceptors (Lipinski definition) is 46. The lowest BCUT2D eigenvalue weighted by Gasteiger charge is -2.52. The van der Waals surface area contributed by atoms with Crippen LogP contribution >= 0.6 is 0 Å². The smallest absolute Gasteiger partial charge is 0.217 e. The largest absolute Gasteiger partial charge is 0.394 e. The van der Waals surface area contributed by atoms with Crippen LogP contribution in [0, 0.1) is 0 Å². The van der Waals surface area contributed by atoms with Gasteiger partial charge in [0, 0.05) is 34.6 Å². The summed E-state index contributed by atoms with van der Waals surface area (Å²) in [5.74, 6) is -4.63. The first-order valence-corrected chi connectivity index (χ1v) is 36.6. The highest BCUT2D eigenvalue weighted by molar-refractivity contribution is 5.75. The molecule has 51 heteroatoms. The summed E-state index contributed by atoms with van der Waals surface area (Å²) in [5, 5.41) is 281. The number of aliphatic hydroxyl groups is 24. The van der Waals surface area contributed by atoms with Crippen molar-refractivity contribution in [3.63, 3.8) is 0 Å². The molecule has 0 aliphatic carbocycles. The number of carbonyl (C=O) groups is 5. The van der Waals surface area contributed by atoms with Gasteiger partial charge in [-0.2, -0.15) is 0 Å². The van der Waals surface area contributed by atoms with Gasteiger partial charge in [0.05, 0.1) is 59.5 Å². The molecule has 9 fully saturated rings. The molecule has 0 spiro atoms. The minimum Gasteiger partial charge on any atom is -0.394 e. The molecular formula is C64H107N5O46. The summed E-state index contributed by atoms with van der Waals surface area (Å²) in [6.07, 6.45) is -85.6. The molecule has 9 aliphatic rings. The predicted molar refractivity (Wildman–Crippen MR) is 355 cm³/mol. The maximum atomic E-state index is 13.2. The normalized spacial score (nSPS) is 47.9. The van der Waals surface area contributed by atoms with Crippen molar-refractivity contribution in [1.29, 1.82) is 0 Å². The van der Waals surface area contributed by atoms with Crippen LogP contribution < -0.4 is 26.6 Å². The Morgan fingerprint density at radius 1 is 0.226 bits per heavy atom. The van der Waals surface area contributed by atoms with Gasteiger partial charge >= 0.3 is 0 Å². The second kappa shape index (κ2) is 41.5. The van der Waals surface area contributed by atoms with Crippen LogP contribution in [-0.4, -0.2) is 488 Å². The van der Waals surface area contributed by atoms with E-state index in [-0.39, 0.29) is 0 Å². The standard InChI is InChI=1S/C64H107N5O46/c1-15(78)65-29-41(90)49(25(11-75)100-56(29)98)109-59-32(68-18(4)81)42(91)51(27(13-77)106-59)111-62-48(97)53(113-64-55(46(95)38(87)24(10-74)105-64)115-58-31(67-17(3)80)40(89)35(84)21(7-71)102-58)52(112-57-30(66-16(2)79)39(88)34(83)20(6-70)101-57)28(108-62)14-99-63-54(45(94)37(86)23(9-73)104-63)114-60-33(69-19(5)82)43(92)50(26(12-76)107-60)110-61-47(96)44(93)36(85)22(8-72)103-61/h20-64,70-77,83-98H,6-14H2,1-5H3,(H,65,78)(H,66,79)(H,67,80)(H,68,81)(H,69,82)/t20-,21-,22-,23-,24-,25-,26-,27-,28-,29-,30-,31-,32-,33-,34-,35-,36+,37-,38-,39-,40-,41-,42-,43-,44+,45+,46+,47-,48+,49-,50-,51-,52-,53-,54+,55+,56+,57+,58+,59+,60+,61+,62+,63+,64-/m1/s1. The van der Waals surface area contributed by atoms with Crippen LogP contribution in [0.15, 0.2) is 0 Å². The monoisotopic (exact) mass is 1680 g/mol. The zero-order chi connectivity index (χ0) is 84.8. The van der Waals surface area contributed by atoms with E-state index in [1.165, 1.54) is 0 Å². The first-order valence-electron chi connectivity index (χ1n) is 36.6. The van der Waals surface area contributed by atoms with Crippen LogP contribution in [-0.2, 0) is 104 Å². The van der Waals surface area contributed by atoms with E-state index in [2.05, 4.69) is 26.6 Å². The Bertz CT molecular complexity index is 3100. The van der Waals surface area contributed by atoms with Crippen LogP contribution in [0.25, 0.3) is 0 Å². The van der Waals surface area contributed by atoms with Crippen LogP contribution in [0.5, 0.6) is 0 Å². The van der Waals surface area contributed by atoms with Crippen molar-refractivity contribution in [2.45, 2.75) is 311 Å². The van der Waals surface area contributed by atoms with Crippen LogP contribution in [0.4, 0.5) is 0 Å². The van der Waals surface area contributed by atoms with Crippen molar-refractivity contribution in [1.82, 2.24) is 26.6 Å². The number of amides is 5. The molecule has 9 rings (SSSR count). The molecule has 5 amide bonds. The Kier molecular flexibility index (Phi) is 34.1. The van der Waals surface area contributed by atoms with Gasteiger partial charge in [-0.05, 0) is 0 Å². The third kappa shape index (κ3) is 21.3. The van der Waals surface area contributed by atoms with Gasteiger partial charge in [0.2, 0.25) is 29.5 Å². The minimum atomic E-state index is -2.70. The van der Waals surface area contributed by atoms with E-state index in [0.717, 1.165) is 34.6 Å². The van der Waals surface area contributed by atoms with Gasteiger partial charge < -0.3 is 230 Å². The van der Waals surface area contributed by atoms with Gasteiger partial charge in [-0.15, -0.1) is 0 Å². The summed E-state index contributed by atoms with van der Waals surface area (Å²) in [7, 11) is 0. The van der Waals surface area contributed by atoms with Crippen LogP contribution in [0.3, 0.4) is 0 Å². The number of hydrogen-bond donors (Lipinski definition) is 29. The molecule has 0 unspecified atom stereocenters. The highest BCUT2D eigenvalue weighted by atomic mass is 16.8. The van der Waals surface area contributed by atoms with E-state index in [1.807, 2.05) is 0 Å². The maximum Gasteiger partial charge on any atom is 0.217 e. The lowest BCUT2D eigenvalue weighted by molar-refractivity contribution is -0.407. The quantitative estimate of drug-likeness (QED) is 0.0318. The third-order valence-corrected chi connectivity index (χ3v) is 20.8. The molecule has 115 heavy (non-hydrogen) atoms. The summed E-state index contributed by atoms with van der Waals surface area (Å²) in [4.78, 5) is 64.1. The van der Waals surface area contributed by atoms with Crippen molar-refractivity contribution in [3.8, 4) is 0 Å². The molecule has 9 heterocycles. The minimum absolute atomic E-state index is 0.805. The Hall–Kier alpha value is -4.29. The molecule has 0 bridgehead atoms. The summed E-state index contributed by atoms with van der Waals surface area (Å²) in [6, 6.07) is -9.48. The molecule has 51 nitrogen and oxygen atoms in total. The highest BCUT2D eigenvalue weighted by Crippen LogP contribution is 2.41. The van der Waals surface area contributed by atoms with Crippen molar-refractivity contribution >= 4 is 29.5 Å². The number of rotatable bonds is 30. The van der Waals surface area contributed by atoms with Crippen molar-refractivity contribution in [2.75, 3.05) is 59.5 Å². The Morgan fingerprint density at radius 2 is 0.478 bits per heavy atom. The van der Waals surface area contributed by atoms with Crippen LogP contribution in [0.2, 0.25) is 0 Å². The Morgan fingerprint density at radius 3 is 0.861 bits per heavy atom. The molecule has 45 atom stereocenters. The molecule has 0 aromatic rings. The molecule has 9 aliphatic heterocycles. The lowest BCUT2D eigenvalue weighted by Crippen LogP contribution is -2.71. The number of aliphatic hydroxyl groups excluding tert-OH is 24. The average molecular weight is 1680 g/mol. The van der Waals surface area contributed by atoms with E-state index < -0.39 is 365 Å². The fourth-order valence-corrected chi connectivity index (χ4v) is 14.9. The second-order valence-corrected chi connectivity index (χ2v) is 28.9. The van der Waals surface area contributed by atoms with Gasteiger partial charge in [0.15, 0.2) is 56.6 Å². The molecule has 0 aromatic heterocycles. The predicted octanol–water partition coefficient (Wildman–Crippen LogP) is -19.9. The van der Waals surface area contributed by atoms with Gasteiger partial charge in [-0.1, -0.05) is 0 Å². The number of ether oxygens (including phenoxy) is 17. The molecule has 0 saturated carbocycles. The highest BCUT2D eigenvalue weighted by Gasteiger charge is 2.62. The molecule has 0 aromatic carbocycles. The Labute approximate surface area is 651 Å². The average Bonchev–Trinajstić information content (AvgIpc) is 0.761. The molecule has 664 valence electrons. The summed E-state index contributed by atoms with van der Waals surface area (Å²) >= 11 is 0. The topological polar surface area (TPSA) is 788 Å². The van der Waals surface area contributed by atoms with Gasteiger partial charge in [-0.3, -0.25) is 24.0 Å². The molecule has 0 radical (unpaired) electrons. The summed E-state index contributed by atoms with van der Waals surface area (Å²) in [5.41, 5.74) is 0. The van der Waals surface area contributed by atoms with E-state index in [0.29, 0.717) is 0 Å². The van der Waals surface area contributed by atoms with E-state index in [4.69, 9.17) is 80.5 Å². The first-order chi connectivity index (χ1) is 54.4. The van der Waals surface area contributed by atoms with Gasteiger partial charge in [0.1, 0.15) is 219 Å². The van der Waals surface area contributed by atoms with E-state index in [9.17, 15) is 147 Å². The fourth-order valence-electron chi connectivity index (χ4n) is 14.9. The number of nitrogens with one attached hydrogen (secondary N) is 5. The van der Waals surface area contributed by atoms with E-state index >= 15 is 0 Å². The second-order valence-electron chi connectivity index (χ2n) is 28.9. The first kappa shape index (κ1) is 94.6. The molecule has 9 saturated heterocycles. The zero-order valence-corrected chi connectivity index (χ0v) is 62.1. The summed E-state index contributed by atoms with van der Waals surface area (Å²) in [6.45, 7) is -5.56. The fraction of sp³-hybridized carbons (Fsp3) is 0.922. The SMILES string of the molecule is CC(=O)N[C@@H]1[C@@H](O)[C@H](O[C@@H]2O[C@H](CO)[C@@H](O[C@@H]3O[C@H](CO[C@H]4O[C@H](CO)[C@@H](O)[C@H](O)[C@@H]4O[C@@H]4O[C@H](CO)[C@@H](O[C@@H]5O[C@H](CO)[C@H](O)[C@H](O)[C@H]5O)[C@H](O)[C@H]4NC(C)=O)[C@@H](O[C@@H]4O[C@H](CO)[C@@H](O)[C@H](O)[C@H]4NC(C)=O)[C@H](O[C@H]4O[C@H](CO)[C@@H](O)[C@H](O)[C@@H]4O[C@@H]4O[C@H](CO)[C@@H](O)[C@H](O)[C@H]4NC(C)=O)[C@@H]3O)[C@H](O)[C@H]2NC(C)=O)[C@@H](CO)O[C@@H]1O. The van der Waals surface area contributed by atoms with Crippen LogP contribution in [0.1, 0.15) is 34.6 Å². The number of carbonyl (C=O) groups excluding carboxylic acids is 5. The maximum absolute atomic E-state index is 13.2. The third-order valence-electron chi connectivity index (χ3n) is 20.8. The Balaban J connectivity index is 1.16. The van der Waals surface area contributed by atoms with Crippen molar-refractivity contribution in [3.05, 3.63) is 0 Å². The van der Waals surface area contributed by atoms with Gasteiger partial charge in [-0.25, -0.2) is 0 Å². The van der Waals surface area contributed by atoms with Crippen molar-refractivity contribution in [2.24, 2.45) is 0 Å². The molecular weight excluding hydrogens is 1570 g/mol. The van der Waals surface area contributed by atoms with E-state index in [1.54, 1.807) is 0 Å². The van der Waals surface area contributed by atoms with Gasteiger partial charge in [0.25, 0.3) is 0 Å². The zero-order valence-electron chi connectivity index (χ0n) is 62.1.